The number of nitrogens with zero attached hydrogens (tertiary/aromatic N) is 1. The number of aliphatic hydroxyl groups is 1. The van der Waals surface area contributed by atoms with Crippen LogP contribution < -0.4 is 10.2 Å². The molecule has 2 amide bonds. The van der Waals surface area contributed by atoms with Gasteiger partial charge in [0.15, 0.2) is 0 Å². The van der Waals surface area contributed by atoms with Gasteiger partial charge in [0.2, 0.25) is 0 Å². The van der Waals surface area contributed by atoms with Crippen molar-refractivity contribution < 1.29 is 19.8 Å². The number of para-hydroxylation sites is 1. The standard InChI is InChI=1S/C15H20N2O4/c1-17(12-8-4-2-6-10(12)14(19)20)15(21)16-11-7-3-5-9-13(11)18/h2,4,6,8,11,13,18H,3,5,7,9H2,1H3,(H,16,21)(H,19,20). The van der Waals surface area contributed by atoms with Crippen LogP contribution in [-0.4, -0.2) is 41.4 Å². The zero-order valence-electron chi connectivity index (χ0n) is 12.0. The molecule has 1 aliphatic carbocycles. The Morgan fingerprint density at radius 1 is 1.24 bits per heavy atom. The molecule has 0 heterocycles. The molecule has 0 aromatic heterocycles. The summed E-state index contributed by atoms with van der Waals surface area (Å²) in [5.41, 5.74) is 0.396. The third kappa shape index (κ3) is 3.52. The van der Waals surface area contributed by atoms with Gasteiger partial charge >= 0.3 is 12.0 Å². The summed E-state index contributed by atoms with van der Waals surface area (Å²) in [6, 6.07) is 5.65. The molecular weight excluding hydrogens is 272 g/mol. The fourth-order valence-corrected chi connectivity index (χ4v) is 2.59. The number of carboxylic acids is 1. The minimum absolute atomic E-state index is 0.0688. The van der Waals surface area contributed by atoms with E-state index in [1.165, 1.54) is 18.0 Å². The predicted octanol–water partition coefficient (Wildman–Crippen LogP) is 1.83. The number of rotatable bonds is 3. The molecule has 3 N–H and O–H groups in total. The second-order valence-electron chi connectivity index (χ2n) is 5.29. The van der Waals surface area contributed by atoms with E-state index in [1.807, 2.05) is 0 Å². The molecule has 0 bridgehead atoms. The quantitative estimate of drug-likeness (QED) is 0.793. The van der Waals surface area contributed by atoms with Gasteiger partial charge < -0.3 is 15.5 Å². The summed E-state index contributed by atoms with van der Waals surface area (Å²) < 4.78 is 0. The van der Waals surface area contributed by atoms with Crippen LogP contribution in [0.3, 0.4) is 0 Å². The smallest absolute Gasteiger partial charge is 0.337 e. The fraction of sp³-hybridized carbons (Fsp3) is 0.467. The third-order valence-electron chi connectivity index (χ3n) is 3.84. The summed E-state index contributed by atoms with van der Waals surface area (Å²) in [6.07, 6.45) is 2.82. The Morgan fingerprint density at radius 3 is 2.57 bits per heavy atom. The molecule has 114 valence electrons. The maximum Gasteiger partial charge on any atom is 0.337 e. The Labute approximate surface area is 123 Å². The van der Waals surface area contributed by atoms with Gasteiger partial charge in [0, 0.05) is 7.05 Å². The Bertz CT molecular complexity index is 532. The Balaban J connectivity index is 2.10. The Kier molecular flexibility index (Phi) is 4.80. The highest BCUT2D eigenvalue weighted by Crippen LogP contribution is 2.21. The van der Waals surface area contributed by atoms with Crippen LogP contribution in [-0.2, 0) is 0 Å². The van der Waals surface area contributed by atoms with Gasteiger partial charge in [-0.1, -0.05) is 25.0 Å². The van der Waals surface area contributed by atoms with Gasteiger partial charge in [-0.3, -0.25) is 4.90 Å². The van der Waals surface area contributed by atoms with E-state index >= 15 is 0 Å². The molecule has 1 aromatic carbocycles. The second kappa shape index (κ2) is 6.58. The second-order valence-corrected chi connectivity index (χ2v) is 5.29. The zero-order chi connectivity index (χ0) is 15.4. The van der Waals surface area contributed by atoms with Gasteiger partial charge in [-0.05, 0) is 25.0 Å². The minimum atomic E-state index is -1.08. The van der Waals surface area contributed by atoms with Crippen molar-refractivity contribution >= 4 is 17.7 Å². The average molecular weight is 292 g/mol. The van der Waals surface area contributed by atoms with Gasteiger partial charge in [-0.15, -0.1) is 0 Å². The fourth-order valence-electron chi connectivity index (χ4n) is 2.59. The number of carboxylic acid groups (broad SMARTS) is 1. The summed E-state index contributed by atoms with van der Waals surface area (Å²) in [7, 11) is 1.52. The normalized spacial score (nSPS) is 21.6. The predicted molar refractivity (Wildman–Crippen MR) is 78.6 cm³/mol. The molecule has 0 radical (unpaired) electrons. The van der Waals surface area contributed by atoms with Crippen LogP contribution in [0.4, 0.5) is 10.5 Å². The van der Waals surface area contributed by atoms with Gasteiger partial charge in [0.05, 0.1) is 23.4 Å². The Hall–Kier alpha value is -2.08. The van der Waals surface area contributed by atoms with Gasteiger partial charge in [0.1, 0.15) is 0 Å². The molecule has 0 aliphatic heterocycles. The number of urea groups is 1. The highest BCUT2D eigenvalue weighted by atomic mass is 16.4. The van der Waals surface area contributed by atoms with Crippen molar-refractivity contribution in [2.75, 3.05) is 11.9 Å². The number of nitrogens with one attached hydrogen (secondary N) is 1. The van der Waals surface area contributed by atoms with E-state index in [1.54, 1.807) is 18.2 Å². The lowest BCUT2D eigenvalue weighted by Crippen LogP contribution is -2.49. The van der Waals surface area contributed by atoms with Gasteiger partial charge in [-0.25, -0.2) is 9.59 Å². The lowest BCUT2D eigenvalue weighted by Gasteiger charge is -2.30. The van der Waals surface area contributed by atoms with Crippen LogP contribution in [0.5, 0.6) is 0 Å². The molecule has 21 heavy (non-hydrogen) atoms. The van der Waals surface area contributed by atoms with Crippen molar-refractivity contribution in [1.29, 1.82) is 0 Å². The topological polar surface area (TPSA) is 89.9 Å². The molecule has 1 saturated carbocycles. The molecule has 6 nitrogen and oxygen atoms in total. The van der Waals surface area contributed by atoms with Crippen molar-refractivity contribution in [3.05, 3.63) is 29.8 Å². The molecule has 1 aromatic rings. The van der Waals surface area contributed by atoms with Crippen molar-refractivity contribution in [2.24, 2.45) is 0 Å². The van der Waals surface area contributed by atoms with Crippen molar-refractivity contribution in [3.8, 4) is 0 Å². The van der Waals surface area contributed by atoms with E-state index in [9.17, 15) is 14.7 Å². The van der Waals surface area contributed by atoms with Crippen LogP contribution in [0.15, 0.2) is 24.3 Å². The van der Waals surface area contributed by atoms with E-state index in [0.717, 1.165) is 19.3 Å². The van der Waals surface area contributed by atoms with Crippen LogP contribution >= 0.6 is 0 Å². The third-order valence-corrected chi connectivity index (χ3v) is 3.84. The van der Waals surface area contributed by atoms with Crippen LogP contribution in [0.25, 0.3) is 0 Å². The maximum absolute atomic E-state index is 12.2. The van der Waals surface area contributed by atoms with Gasteiger partial charge in [0.25, 0.3) is 0 Å². The van der Waals surface area contributed by atoms with E-state index in [4.69, 9.17) is 5.11 Å². The average Bonchev–Trinajstić information content (AvgIpc) is 2.48. The number of hydrogen-bond donors (Lipinski definition) is 3. The molecule has 2 unspecified atom stereocenters. The number of carbonyl (C=O) groups excluding carboxylic acids is 1. The number of carbonyl (C=O) groups is 2. The number of anilines is 1. The first-order valence-electron chi connectivity index (χ1n) is 7.05. The van der Waals surface area contributed by atoms with Crippen LogP contribution in [0.1, 0.15) is 36.0 Å². The van der Waals surface area contributed by atoms with Crippen molar-refractivity contribution in [1.82, 2.24) is 5.32 Å². The first-order valence-corrected chi connectivity index (χ1v) is 7.05. The highest BCUT2D eigenvalue weighted by Gasteiger charge is 2.26. The molecular formula is C15H20N2O4. The van der Waals surface area contributed by atoms with Crippen molar-refractivity contribution in [2.45, 2.75) is 37.8 Å². The zero-order valence-corrected chi connectivity index (χ0v) is 12.0. The minimum Gasteiger partial charge on any atom is -0.478 e. The SMILES string of the molecule is CN(C(=O)NC1CCCCC1O)c1ccccc1C(=O)O. The monoisotopic (exact) mass is 292 g/mol. The van der Waals surface area contributed by atoms with Crippen molar-refractivity contribution in [3.63, 3.8) is 0 Å². The van der Waals surface area contributed by atoms with Crippen LogP contribution in [0.2, 0.25) is 0 Å². The number of hydrogen-bond acceptors (Lipinski definition) is 3. The summed E-state index contributed by atoms with van der Waals surface area (Å²) in [6.45, 7) is 0. The number of aliphatic hydroxyl groups excluding tert-OH is 1. The molecule has 1 fully saturated rings. The summed E-state index contributed by atoms with van der Waals surface area (Å²) >= 11 is 0. The number of amides is 2. The largest absolute Gasteiger partial charge is 0.478 e. The van der Waals surface area contributed by atoms with Crippen LogP contribution in [0, 0.1) is 0 Å². The molecule has 6 heteroatoms. The molecule has 0 spiro atoms. The van der Waals surface area contributed by atoms with Gasteiger partial charge in [-0.2, -0.15) is 0 Å². The lowest BCUT2D eigenvalue weighted by molar-refractivity contribution is 0.0697. The number of aromatic carboxylic acids is 1. The van der Waals surface area contributed by atoms with E-state index in [2.05, 4.69) is 5.32 Å². The van der Waals surface area contributed by atoms with E-state index in [-0.39, 0.29) is 11.6 Å². The molecule has 2 atom stereocenters. The summed E-state index contributed by atoms with van der Waals surface area (Å²) in [5, 5.41) is 21.8. The Morgan fingerprint density at radius 2 is 1.90 bits per heavy atom. The summed E-state index contributed by atoms with van der Waals surface area (Å²) in [5.74, 6) is -1.08. The summed E-state index contributed by atoms with van der Waals surface area (Å²) in [4.78, 5) is 24.7. The first-order chi connectivity index (χ1) is 10.0. The molecule has 0 saturated heterocycles. The number of benzene rings is 1. The maximum atomic E-state index is 12.2. The highest BCUT2D eigenvalue weighted by molar-refractivity contribution is 6.01. The van der Waals surface area contributed by atoms with E-state index in [0.29, 0.717) is 12.1 Å². The first kappa shape index (κ1) is 15.3. The molecule has 1 aliphatic rings. The molecule has 2 rings (SSSR count). The van der Waals surface area contributed by atoms with E-state index < -0.39 is 18.1 Å². The lowest BCUT2D eigenvalue weighted by atomic mass is 9.93.